The molecule has 0 radical (unpaired) electrons. The number of anilines is 4. The molecule has 1 spiro atoms. The molecule has 12 heteroatoms. The number of benzene rings is 1. The summed E-state index contributed by atoms with van der Waals surface area (Å²) in [7, 11) is 0. The maximum Gasteiger partial charge on any atom is 0.322 e. The first kappa shape index (κ1) is 20.7. The number of piperidine rings is 1. The molecular weight excluding hydrogens is 438 g/mol. The average molecular weight is 464 g/mol. The maximum atomic E-state index is 12.4. The minimum Gasteiger partial charge on any atom is -0.373 e. The SMILES string of the molecule is CC1(C)c2ccc(Nc3nc4c(N5CCCC6(C5)NC(=O)NC6=O)nccn4n3)cc2NC1O. The Morgan fingerprint density at radius 3 is 2.91 bits per heavy atom. The zero-order chi connectivity index (χ0) is 23.7. The van der Waals surface area contributed by atoms with Gasteiger partial charge in [0.2, 0.25) is 5.95 Å². The summed E-state index contributed by atoms with van der Waals surface area (Å²) in [4.78, 5) is 35.3. The molecule has 176 valence electrons. The zero-order valence-electron chi connectivity index (χ0n) is 18.8. The van der Waals surface area contributed by atoms with Crippen molar-refractivity contribution in [2.45, 2.75) is 43.9 Å². The third kappa shape index (κ3) is 3.05. The van der Waals surface area contributed by atoms with E-state index in [1.165, 1.54) is 0 Å². The van der Waals surface area contributed by atoms with Crippen LogP contribution in [0.25, 0.3) is 5.65 Å². The van der Waals surface area contributed by atoms with Gasteiger partial charge in [0, 0.05) is 35.7 Å². The number of rotatable bonds is 3. The van der Waals surface area contributed by atoms with Crippen LogP contribution in [-0.4, -0.2) is 61.5 Å². The maximum absolute atomic E-state index is 12.4. The van der Waals surface area contributed by atoms with Crippen molar-refractivity contribution in [3.8, 4) is 0 Å². The Morgan fingerprint density at radius 2 is 2.12 bits per heavy atom. The fourth-order valence-electron chi connectivity index (χ4n) is 5.04. The van der Waals surface area contributed by atoms with Gasteiger partial charge in [0.05, 0.1) is 6.54 Å². The fraction of sp³-hybridized carbons (Fsp3) is 0.409. The Kier molecular flexibility index (Phi) is 4.27. The summed E-state index contributed by atoms with van der Waals surface area (Å²) in [5.41, 5.74) is 1.90. The first-order chi connectivity index (χ1) is 16.2. The monoisotopic (exact) mass is 463 g/mol. The van der Waals surface area contributed by atoms with Gasteiger partial charge in [0.15, 0.2) is 11.5 Å². The normalized spacial score (nSPS) is 25.3. The summed E-state index contributed by atoms with van der Waals surface area (Å²) in [6.07, 6.45) is 3.99. The molecule has 3 aliphatic rings. The van der Waals surface area contributed by atoms with Crippen LogP contribution in [0.5, 0.6) is 0 Å². The quantitative estimate of drug-likeness (QED) is 0.360. The molecule has 3 aromatic rings. The van der Waals surface area contributed by atoms with Gasteiger partial charge in [-0.05, 0) is 30.5 Å². The number of carbonyl (C=O) groups excluding carboxylic acids is 2. The molecule has 2 atom stereocenters. The van der Waals surface area contributed by atoms with Gasteiger partial charge in [-0.2, -0.15) is 4.98 Å². The lowest BCUT2D eigenvalue weighted by Crippen LogP contribution is -2.58. The molecule has 34 heavy (non-hydrogen) atoms. The molecule has 2 unspecified atom stereocenters. The van der Waals surface area contributed by atoms with Crippen LogP contribution in [-0.2, 0) is 10.2 Å². The van der Waals surface area contributed by atoms with E-state index in [1.807, 2.05) is 36.9 Å². The van der Waals surface area contributed by atoms with Gasteiger partial charge in [0.1, 0.15) is 11.8 Å². The molecule has 0 saturated carbocycles. The molecule has 1 aromatic carbocycles. The molecule has 0 bridgehead atoms. The molecule has 2 aromatic heterocycles. The fourth-order valence-corrected chi connectivity index (χ4v) is 5.04. The third-order valence-electron chi connectivity index (χ3n) is 6.99. The van der Waals surface area contributed by atoms with Gasteiger partial charge in [-0.15, -0.1) is 5.10 Å². The number of nitrogens with one attached hydrogen (secondary N) is 4. The van der Waals surface area contributed by atoms with E-state index in [0.717, 1.165) is 23.4 Å². The largest absolute Gasteiger partial charge is 0.373 e. The minimum absolute atomic E-state index is 0.307. The number of urea groups is 1. The number of aromatic nitrogens is 4. The van der Waals surface area contributed by atoms with E-state index in [9.17, 15) is 14.7 Å². The number of hydrogen-bond donors (Lipinski definition) is 5. The molecule has 5 N–H and O–H groups in total. The highest BCUT2D eigenvalue weighted by Gasteiger charge is 2.49. The van der Waals surface area contributed by atoms with E-state index in [4.69, 9.17) is 0 Å². The topological polar surface area (TPSA) is 149 Å². The summed E-state index contributed by atoms with van der Waals surface area (Å²) in [5.74, 6) is 0.679. The first-order valence-corrected chi connectivity index (χ1v) is 11.2. The van der Waals surface area contributed by atoms with Gasteiger partial charge in [0.25, 0.3) is 5.91 Å². The Bertz CT molecular complexity index is 1340. The van der Waals surface area contributed by atoms with E-state index in [2.05, 4.69) is 36.3 Å². The van der Waals surface area contributed by atoms with Crippen LogP contribution in [0.15, 0.2) is 30.6 Å². The lowest BCUT2D eigenvalue weighted by Gasteiger charge is -2.38. The van der Waals surface area contributed by atoms with Gasteiger partial charge in [-0.3, -0.25) is 10.1 Å². The van der Waals surface area contributed by atoms with Crippen LogP contribution < -0.4 is 26.2 Å². The number of aliphatic hydroxyl groups excluding tert-OH is 1. The Labute approximate surface area is 194 Å². The second-order valence-electron chi connectivity index (χ2n) is 9.62. The summed E-state index contributed by atoms with van der Waals surface area (Å²) in [5, 5.41) is 26.3. The van der Waals surface area contributed by atoms with E-state index in [1.54, 1.807) is 16.9 Å². The third-order valence-corrected chi connectivity index (χ3v) is 6.99. The number of hydrogen-bond acceptors (Lipinski definition) is 9. The standard InChI is InChI=1S/C22H25N9O3/c1-21(2)13-5-4-12(10-14(13)25-17(21)32)24-19-26-16-15(23-7-9-31(16)29-19)30-8-3-6-22(11-30)18(33)27-20(34)28-22/h4-5,7,9-10,17,25,32H,3,6,8,11H2,1-2H3,(H,24,29)(H2,27,28,33,34). The molecule has 3 aliphatic heterocycles. The van der Waals surface area contributed by atoms with Crippen LogP contribution in [0.2, 0.25) is 0 Å². The van der Waals surface area contributed by atoms with Crippen LogP contribution >= 0.6 is 0 Å². The van der Waals surface area contributed by atoms with Gasteiger partial charge in [-0.1, -0.05) is 19.9 Å². The Hall–Kier alpha value is -3.93. The highest BCUT2D eigenvalue weighted by Crippen LogP contribution is 2.41. The molecule has 3 amide bonds. The molecule has 12 nitrogen and oxygen atoms in total. The predicted octanol–water partition coefficient (Wildman–Crippen LogP) is 1.07. The minimum atomic E-state index is -0.958. The van der Waals surface area contributed by atoms with E-state index >= 15 is 0 Å². The molecule has 6 rings (SSSR count). The van der Waals surface area contributed by atoms with E-state index in [-0.39, 0.29) is 11.3 Å². The van der Waals surface area contributed by atoms with E-state index < -0.39 is 17.8 Å². The zero-order valence-corrected chi connectivity index (χ0v) is 18.8. The number of nitrogens with zero attached hydrogens (tertiary/aromatic N) is 5. The van der Waals surface area contributed by atoms with Crippen LogP contribution in [0, 0.1) is 0 Å². The van der Waals surface area contributed by atoms with Crippen LogP contribution in [0.3, 0.4) is 0 Å². The summed E-state index contributed by atoms with van der Waals surface area (Å²) in [6.45, 7) is 4.98. The first-order valence-electron chi connectivity index (χ1n) is 11.2. The van der Waals surface area contributed by atoms with E-state index in [0.29, 0.717) is 36.9 Å². The average Bonchev–Trinajstić information content (AvgIpc) is 3.39. The second kappa shape index (κ2) is 7.03. The Balaban J connectivity index is 1.29. The van der Waals surface area contributed by atoms with Gasteiger partial charge < -0.3 is 26.0 Å². The highest BCUT2D eigenvalue weighted by molar-refractivity contribution is 6.07. The van der Waals surface area contributed by atoms with Crippen molar-refractivity contribution in [1.29, 1.82) is 0 Å². The van der Waals surface area contributed by atoms with Crippen molar-refractivity contribution in [1.82, 2.24) is 30.2 Å². The number of carbonyl (C=O) groups is 2. The smallest absolute Gasteiger partial charge is 0.322 e. The van der Waals surface area contributed by atoms with Crippen molar-refractivity contribution in [2.24, 2.45) is 0 Å². The number of fused-ring (bicyclic) bond motifs is 2. The lowest BCUT2D eigenvalue weighted by molar-refractivity contribution is -0.124. The summed E-state index contributed by atoms with van der Waals surface area (Å²) < 4.78 is 1.64. The summed E-state index contributed by atoms with van der Waals surface area (Å²) in [6, 6.07) is 5.37. The lowest BCUT2D eigenvalue weighted by atomic mass is 9.85. The number of imide groups is 1. The van der Waals surface area contributed by atoms with Crippen molar-refractivity contribution in [3.05, 3.63) is 36.2 Å². The van der Waals surface area contributed by atoms with Crippen molar-refractivity contribution in [3.63, 3.8) is 0 Å². The number of aliphatic hydroxyl groups is 1. The van der Waals surface area contributed by atoms with Crippen molar-refractivity contribution >= 4 is 40.7 Å². The van der Waals surface area contributed by atoms with Crippen LogP contribution in [0.4, 0.5) is 27.9 Å². The predicted molar refractivity (Wildman–Crippen MR) is 124 cm³/mol. The molecule has 0 aliphatic carbocycles. The van der Waals surface area contributed by atoms with Gasteiger partial charge >= 0.3 is 6.03 Å². The van der Waals surface area contributed by atoms with Crippen LogP contribution in [0.1, 0.15) is 32.3 Å². The molecule has 2 saturated heterocycles. The molecular formula is C22H25N9O3. The van der Waals surface area contributed by atoms with Crippen molar-refractivity contribution in [2.75, 3.05) is 28.6 Å². The molecule has 5 heterocycles. The highest BCUT2D eigenvalue weighted by atomic mass is 16.3. The summed E-state index contributed by atoms with van der Waals surface area (Å²) >= 11 is 0. The number of amides is 3. The Morgan fingerprint density at radius 1 is 1.26 bits per heavy atom. The molecule has 2 fully saturated rings. The van der Waals surface area contributed by atoms with Crippen molar-refractivity contribution < 1.29 is 14.7 Å². The van der Waals surface area contributed by atoms with Gasteiger partial charge in [-0.25, -0.2) is 14.3 Å². The second-order valence-corrected chi connectivity index (χ2v) is 9.62.